The lowest BCUT2D eigenvalue weighted by Crippen LogP contribution is -2.39. The maximum atomic E-state index is 12.8. The van der Waals surface area contributed by atoms with Gasteiger partial charge in [-0.05, 0) is 23.3 Å². The molecule has 0 aromatic heterocycles. The van der Waals surface area contributed by atoms with Gasteiger partial charge >= 0.3 is 0 Å². The van der Waals surface area contributed by atoms with Crippen molar-refractivity contribution in [1.82, 2.24) is 15.6 Å². The van der Waals surface area contributed by atoms with Crippen molar-refractivity contribution >= 4 is 17.5 Å². The predicted molar refractivity (Wildman–Crippen MR) is 107 cm³/mol. The third-order valence-electron chi connectivity index (χ3n) is 4.61. The van der Waals surface area contributed by atoms with Gasteiger partial charge in [0.1, 0.15) is 5.75 Å². The fraction of sp³-hybridized carbons (Fsp3) is 0.286. The number of nitrogens with one attached hydrogen (secondary N) is 2. The SMILES string of the molecule is CNC(=O)CNCC(=O)N1N=C(c2ccccc2)C[C@H]1c1ccc(OC)cc1. The molecule has 2 amide bonds. The van der Waals surface area contributed by atoms with Crippen molar-refractivity contribution in [2.45, 2.75) is 12.5 Å². The van der Waals surface area contributed by atoms with Crippen LogP contribution in [-0.2, 0) is 9.59 Å². The molecule has 1 aliphatic heterocycles. The van der Waals surface area contributed by atoms with Gasteiger partial charge in [0.15, 0.2) is 0 Å². The predicted octanol–water partition coefficient (Wildman–Crippen LogP) is 1.71. The molecule has 0 aliphatic carbocycles. The Morgan fingerprint density at radius 2 is 1.82 bits per heavy atom. The minimum absolute atomic E-state index is 0.0334. The van der Waals surface area contributed by atoms with E-state index >= 15 is 0 Å². The van der Waals surface area contributed by atoms with Gasteiger partial charge in [-0.3, -0.25) is 14.9 Å². The summed E-state index contributed by atoms with van der Waals surface area (Å²) in [5, 5.41) is 11.5. The Morgan fingerprint density at radius 3 is 2.46 bits per heavy atom. The molecule has 1 atom stereocenters. The molecule has 3 rings (SSSR count). The maximum absolute atomic E-state index is 12.8. The lowest BCUT2D eigenvalue weighted by molar-refractivity contribution is -0.132. The third kappa shape index (κ3) is 4.55. The molecule has 7 nitrogen and oxygen atoms in total. The molecule has 0 fully saturated rings. The van der Waals surface area contributed by atoms with Crippen LogP contribution in [0.3, 0.4) is 0 Å². The fourth-order valence-electron chi connectivity index (χ4n) is 3.08. The zero-order valence-corrected chi connectivity index (χ0v) is 16.0. The molecular formula is C21H24N4O3. The quantitative estimate of drug-likeness (QED) is 0.766. The molecule has 0 unspecified atom stereocenters. The number of benzene rings is 2. The fourth-order valence-corrected chi connectivity index (χ4v) is 3.08. The van der Waals surface area contributed by atoms with E-state index in [1.54, 1.807) is 14.2 Å². The van der Waals surface area contributed by atoms with Crippen molar-refractivity contribution in [1.29, 1.82) is 0 Å². The van der Waals surface area contributed by atoms with Gasteiger partial charge < -0.3 is 10.1 Å². The first-order valence-electron chi connectivity index (χ1n) is 9.12. The van der Waals surface area contributed by atoms with Gasteiger partial charge in [-0.15, -0.1) is 0 Å². The molecule has 0 bridgehead atoms. The number of methoxy groups -OCH3 is 1. The molecular weight excluding hydrogens is 356 g/mol. The topological polar surface area (TPSA) is 83.0 Å². The number of hydrazone groups is 1. The molecule has 1 heterocycles. The molecule has 0 spiro atoms. The van der Waals surface area contributed by atoms with Crippen molar-refractivity contribution in [3.05, 3.63) is 65.7 Å². The van der Waals surface area contributed by atoms with Crippen molar-refractivity contribution < 1.29 is 14.3 Å². The number of rotatable bonds is 7. The lowest BCUT2D eigenvalue weighted by Gasteiger charge is -2.22. The van der Waals surface area contributed by atoms with Crippen LogP contribution in [-0.4, -0.2) is 49.8 Å². The molecule has 146 valence electrons. The van der Waals surface area contributed by atoms with Crippen LogP contribution in [0.2, 0.25) is 0 Å². The van der Waals surface area contributed by atoms with E-state index in [0.29, 0.717) is 6.42 Å². The summed E-state index contributed by atoms with van der Waals surface area (Å²) in [5.74, 6) is 0.404. The minimum Gasteiger partial charge on any atom is -0.497 e. The van der Waals surface area contributed by atoms with Crippen LogP contribution in [0.25, 0.3) is 0 Å². The second-order valence-corrected chi connectivity index (χ2v) is 6.42. The first-order chi connectivity index (χ1) is 13.6. The Kier molecular flexibility index (Phi) is 6.39. The molecule has 1 aliphatic rings. The van der Waals surface area contributed by atoms with Crippen LogP contribution in [0, 0.1) is 0 Å². The highest BCUT2D eigenvalue weighted by Gasteiger charge is 2.32. The highest BCUT2D eigenvalue weighted by Crippen LogP contribution is 2.33. The van der Waals surface area contributed by atoms with Crippen molar-refractivity contribution in [2.75, 3.05) is 27.2 Å². The van der Waals surface area contributed by atoms with E-state index in [4.69, 9.17) is 4.74 Å². The van der Waals surface area contributed by atoms with Gasteiger partial charge in [0.2, 0.25) is 5.91 Å². The van der Waals surface area contributed by atoms with Crippen molar-refractivity contribution in [2.24, 2.45) is 5.10 Å². The zero-order chi connectivity index (χ0) is 19.9. The summed E-state index contributed by atoms with van der Waals surface area (Å²) < 4.78 is 5.23. The van der Waals surface area contributed by atoms with Crippen LogP contribution in [0.4, 0.5) is 0 Å². The molecule has 2 aromatic carbocycles. The molecule has 0 saturated heterocycles. The van der Waals surface area contributed by atoms with E-state index in [1.807, 2.05) is 54.6 Å². The second kappa shape index (κ2) is 9.14. The smallest absolute Gasteiger partial charge is 0.257 e. The number of nitrogens with zero attached hydrogens (tertiary/aromatic N) is 2. The van der Waals surface area contributed by atoms with Crippen LogP contribution in [0.5, 0.6) is 5.75 Å². The number of carbonyl (C=O) groups is 2. The minimum atomic E-state index is -0.199. The summed E-state index contributed by atoms with van der Waals surface area (Å²) >= 11 is 0. The van der Waals surface area contributed by atoms with Crippen LogP contribution in [0.1, 0.15) is 23.6 Å². The summed E-state index contributed by atoms with van der Waals surface area (Å²) in [6, 6.07) is 17.3. The average molecular weight is 380 g/mol. The number of ether oxygens (including phenoxy) is 1. The largest absolute Gasteiger partial charge is 0.497 e. The van der Waals surface area contributed by atoms with Crippen molar-refractivity contribution in [3.8, 4) is 5.75 Å². The van der Waals surface area contributed by atoms with Gasteiger partial charge in [0.25, 0.3) is 5.91 Å². The highest BCUT2D eigenvalue weighted by molar-refractivity contribution is 6.03. The summed E-state index contributed by atoms with van der Waals surface area (Å²) in [4.78, 5) is 24.2. The number of amides is 2. The normalized spacial score (nSPS) is 15.9. The second-order valence-electron chi connectivity index (χ2n) is 6.42. The van der Waals surface area contributed by atoms with Gasteiger partial charge in [-0.25, -0.2) is 5.01 Å². The summed E-state index contributed by atoms with van der Waals surface area (Å²) in [7, 11) is 3.18. The zero-order valence-electron chi connectivity index (χ0n) is 16.0. The van der Waals surface area contributed by atoms with Gasteiger partial charge in [0, 0.05) is 13.5 Å². The van der Waals surface area contributed by atoms with E-state index in [-0.39, 0.29) is 30.9 Å². The monoisotopic (exact) mass is 380 g/mol. The Morgan fingerprint density at radius 1 is 1.11 bits per heavy atom. The van der Waals surface area contributed by atoms with Gasteiger partial charge in [-0.2, -0.15) is 5.10 Å². The first kappa shape index (κ1) is 19.6. The Bertz CT molecular complexity index is 850. The van der Waals surface area contributed by atoms with Crippen LogP contribution in [0.15, 0.2) is 59.7 Å². The van der Waals surface area contributed by atoms with Gasteiger partial charge in [-0.1, -0.05) is 42.5 Å². The van der Waals surface area contributed by atoms with E-state index in [0.717, 1.165) is 22.6 Å². The van der Waals surface area contributed by atoms with E-state index in [9.17, 15) is 9.59 Å². The molecule has 2 N–H and O–H groups in total. The standard InChI is InChI=1S/C21H24N4O3/c1-22-20(26)13-23-14-21(27)25-19(16-8-10-17(28-2)11-9-16)12-18(24-25)15-6-4-3-5-7-15/h3-11,19,23H,12-14H2,1-2H3,(H,22,26)/t19-/m0/s1. The van der Waals surface area contributed by atoms with E-state index in [1.165, 1.54) is 5.01 Å². The molecule has 0 radical (unpaired) electrons. The van der Waals surface area contributed by atoms with Crippen LogP contribution >= 0.6 is 0 Å². The molecule has 7 heteroatoms. The number of hydrogen-bond donors (Lipinski definition) is 2. The molecule has 0 saturated carbocycles. The first-order valence-corrected chi connectivity index (χ1v) is 9.12. The molecule has 28 heavy (non-hydrogen) atoms. The number of likely N-dealkylation sites (N-methyl/N-ethyl adjacent to an activating group) is 1. The average Bonchev–Trinajstić information content (AvgIpc) is 3.20. The summed E-state index contributed by atoms with van der Waals surface area (Å²) in [6.45, 7) is 0.115. The summed E-state index contributed by atoms with van der Waals surface area (Å²) in [5.41, 5.74) is 2.84. The highest BCUT2D eigenvalue weighted by atomic mass is 16.5. The van der Waals surface area contributed by atoms with E-state index < -0.39 is 0 Å². The Balaban J connectivity index is 1.80. The maximum Gasteiger partial charge on any atom is 0.257 e. The van der Waals surface area contributed by atoms with Crippen molar-refractivity contribution in [3.63, 3.8) is 0 Å². The van der Waals surface area contributed by atoms with Gasteiger partial charge in [0.05, 0.1) is 32.0 Å². The third-order valence-corrected chi connectivity index (χ3v) is 4.61. The number of hydrogen-bond acceptors (Lipinski definition) is 5. The molecule has 2 aromatic rings. The lowest BCUT2D eigenvalue weighted by atomic mass is 9.98. The summed E-state index contributed by atoms with van der Waals surface area (Å²) in [6.07, 6.45) is 0.623. The number of carbonyl (C=O) groups excluding carboxylic acids is 2. The van der Waals surface area contributed by atoms with E-state index in [2.05, 4.69) is 15.7 Å². The Labute approximate surface area is 164 Å². The Hall–Kier alpha value is -3.19. The van der Waals surface area contributed by atoms with Crippen LogP contribution < -0.4 is 15.4 Å².